The van der Waals surface area contributed by atoms with E-state index in [1.54, 1.807) is 27.1 Å². The SMILES string of the molecule is C[N+](C)(C)[B-](F)(Br)C#N. The van der Waals surface area contributed by atoms with Gasteiger partial charge < -0.3 is 8.71 Å². The topological polar surface area (TPSA) is 23.8 Å². The van der Waals surface area contributed by atoms with Crippen molar-refractivity contribution in [3.05, 3.63) is 0 Å². The molecular weight excluding hydrogens is 186 g/mol. The Morgan fingerprint density at radius 1 is 1.56 bits per heavy atom. The van der Waals surface area contributed by atoms with Crippen LogP contribution in [0, 0.1) is 11.2 Å². The van der Waals surface area contributed by atoms with Gasteiger partial charge >= 0.3 is 5.38 Å². The van der Waals surface area contributed by atoms with Crippen molar-refractivity contribution in [2.45, 2.75) is 0 Å². The van der Waals surface area contributed by atoms with Gasteiger partial charge in [0.2, 0.25) is 0 Å². The Morgan fingerprint density at radius 3 is 1.89 bits per heavy atom. The Kier molecular flexibility index (Phi) is 2.26. The lowest BCUT2D eigenvalue weighted by atomic mass is 9.85. The third kappa shape index (κ3) is 1.96. The maximum Gasteiger partial charge on any atom is 0.525 e. The van der Waals surface area contributed by atoms with Crippen LogP contribution in [0.4, 0.5) is 4.32 Å². The van der Waals surface area contributed by atoms with Gasteiger partial charge in [0.05, 0.1) is 0 Å². The van der Waals surface area contributed by atoms with Crippen LogP contribution in [0.1, 0.15) is 0 Å². The average Bonchev–Trinajstić information content (AvgIpc) is 1.64. The Labute approximate surface area is 62.8 Å². The minimum atomic E-state index is -2.58. The van der Waals surface area contributed by atoms with Crippen LogP contribution in [0.3, 0.4) is 0 Å². The quantitative estimate of drug-likeness (QED) is 0.573. The number of halogens is 2. The zero-order chi connectivity index (χ0) is 7.71. The Hall–Kier alpha value is -0.0751. The van der Waals surface area contributed by atoms with Gasteiger partial charge in [0, 0.05) is 21.1 Å². The van der Waals surface area contributed by atoms with Gasteiger partial charge in [-0.1, -0.05) is 0 Å². The molecule has 9 heavy (non-hydrogen) atoms. The van der Waals surface area contributed by atoms with Crippen LogP contribution in [0.5, 0.6) is 0 Å². The molecule has 0 heterocycles. The number of nitrogens with zero attached hydrogens (tertiary/aromatic N) is 2. The largest absolute Gasteiger partial charge is 0.525 e. The van der Waals surface area contributed by atoms with Crippen molar-refractivity contribution in [1.29, 1.82) is 5.26 Å². The standard InChI is InChI=1S/C4H9BBrFN2/c1-9(2,3)5(6,7)4-8/h1-3H3. The van der Waals surface area contributed by atoms with E-state index in [2.05, 4.69) is 15.8 Å². The molecular formula is C4H9BBrFN2. The molecule has 0 amide bonds. The summed E-state index contributed by atoms with van der Waals surface area (Å²) in [5.41, 5.74) is 0. The van der Waals surface area contributed by atoms with Gasteiger partial charge in [0.15, 0.2) is 0 Å². The molecule has 0 aromatic rings. The first kappa shape index (κ1) is 8.92. The molecule has 0 spiro atoms. The van der Waals surface area contributed by atoms with Crippen molar-refractivity contribution in [3.8, 4) is 5.97 Å². The molecule has 2 nitrogen and oxygen atoms in total. The minimum absolute atomic E-state index is 0.00347. The van der Waals surface area contributed by atoms with Crippen LogP contribution in [0.25, 0.3) is 0 Å². The Bertz CT molecular complexity index is 146. The number of hydrogen-bond donors (Lipinski definition) is 0. The lowest BCUT2D eigenvalue weighted by Crippen LogP contribution is -2.53. The lowest BCUT2D eigenvalue weighted by Gasteiger charge is -2.38. The smallest absolute Gasteiger partial charge is 0.472 e. The van der Waals surface area contributed by atoms with Gasteiger partial charge in [-0.15, -0.1) is 0 Å². The highest BCUT2D eigenvalue weighted by molar-refractivity contribution is 9.25. The van der Waals surface area contributed by atoms with Crippen LogP contribution >= 0.6 is 15.8 Å². The van der Waals surface area contributed by atoms with Gasteiger partial charge in [-0.2, -0.15) is 0 Å². The van der Waals surface area contributed by atoms with Crippen molar-refractivity contribution >= 4 is 21.1 Å². The van der Waals surface area contributed by atoms with Crippen LogP contribution in [-0.4, -0.2) is 30.9 Å². The molecule has 0 bridgehead atoms. The van der Waals surface area contributed by atoms with Gasteiger partial charge in [0.25, 0.3) is 0 Å². The predicted octanol–water partition coefficient (Wildman–Crippen LogP) is 1.06. The average molecular weight is 195 g/mol. The van der Waals surface area contributed by atoms with Crippen molar-refractivity contribution in [3.63, 3.8) is 0 Å². The molecule has 0 aromatic heterocycles. The molecule has 0 rings (SSSR count). The normalized spacial score (nSPS) is 18.2. The Balaban J connectivity index is 4.39. The van der Waals surface area contributed by atoms with E-state index < -0.39 is 5.38 Å². The predicted molar refractivity (Wildman–Crippen MR) is 39.4 cm³/mol. The highest BCUT2D eigenvalue weighted by atomic mass is 79.9. The molecule has 1 unspecified atom stereocenters. The molecule has 0 aromatic carbocycles. The van der Waals surface area contributed by atoms with Crippen molar-refractivity contribution in [1.82, 2.24) is 0 Å². The van der Waals surface area contributed by atoms with E-state index in [1.807, 2.05) is 0 Å². The molecule has 0 aliphatic rings. The highest BCUT2D eigenvalue weighted by Crippen LogP contribution is 2.20. The van der Waals surface area contributed by atoms with E-state index in [9.17, 15) is 4.32 Å². The van der Waals surface area contributed by atoms with E-state index in [0.29, 0.717) is 0 Å². The molecule has 0 saturated carbocycles. The van der Waals surface area contributed by atoms with Crippen molar-refractivity contribution < 1.29 is 8.71 Å². The summed E-state index contributed by atoms with van der Waals surface area (Å²) in [6.45, 7) is 0. The van der Waals surface area contributed by atoms with E-state index in [4.69, 9.17) is 5.26 Å². The van der Waals surface area contributed by atoms with E-state index >= 15 is 0 Å². The Morgan fingerprint density at radius 2 is 1.89 bits per heavy atom. The lowest BCUT2D eigenvalue weighted by molar-refractivity contribution is -0.767. The zero-order valence-electron chi connectivity index (χ0n) is 5.73. The van der Waals surface area contributed by atoms with Crippen LogP contribution in [-0.2, 0) is 0 Å². The number of hydrogen-bond acceptors (Lipinski definition) is 1. The molecule has 0 saturated heterocycles. The molecule has 0 fully saturated rings. The third-order valence-electron chi connectivity index (χ3n) is 1.13. The first-order chi connectivity index (χ1) is 3.81. The van der Waals surface area contributed by atoms with Crippen molar-refractivity contribution in [2.75, 3.05) is 21.1 Å². The maximum absolute atomic E-state index is 12.9. The maximum atomic E-state index is 12.9. The molecule has 5 heteroatoms. The first-order valence-electron chi connectivity index (χ1n) is 2.55. The van der Waals surface area contributed by atoms with Gasteiger partial charge in [-0.3, -0.25) is 0 Å². The molecule has 0 aliphatic carbocycles. The second kappa shape index (κ2) is 2.27. The zero-order valence-corrected chi connectivity index (χ0v) is 7.31. The summed E-state index contributed by atoms with van der Waals surface area (Å²) >= 11 is 2.71. The number of nitriles is 1. The van der Waals surface area contributed by atoms with Crippen LogP contribution in [0.15, 0.2) is 0 Å². The molecule has 0 radical (unpaired) electrons. The molecule has 1 atom stereocenters. The second-order valence-corrected chi connectivity index (χ2v) is 4.08. The number of quaternary nitrogens is 1. The van der Waals surface area contributed by atoms with Gasteiger partial charge in [-0.05, 0) is 5.97 Å². The summed E-state index contributed by atoms with van der Waals surface area (Å²) in [5, 5.41) is 5.69. The van der Waals surface area contributed by atoms with Gasteiger partial charge in [0.1, 0.15) is 0 Å². The van der Waals surface area contributed by atoms with Crippen molar-refractivity contribution in [2.24, 2.45) is 0 Å². The highest BCUT2D eigenvalue weighted by Gasteiger charge is 2.36. The molecule has 0 aliphatic heterocycles. The fourth-order valence-electron chi connectivity index (χ4n) is 0.173. The fourth-order valence-corrected chi connectivity index (χ4v) is 0.173. The minimum Gasteiger partial charge on any atom is -0.472 e. The van der Waals surface area contributed by atoms with Crippen LogP contribution in [0.2, 0.25) is 0 Å². The third-order valence-corrected chi connectivity index (χ3v) is 2.56. The molecule has 52 valence electrons. The molecule has 0 N–H and O–H groups in total. The summed E-state index contributed by atoms with van der Waals surface area (Å²) in [7, 11) is 4.87. The summed E-state index contributed by atoms with van der Waals surface area (Å²) < 4.78 is 12.9. The van der Waals surface area contributed by atoms with E-state index in [1.165, 1.54) is 0 Å². The summed E-state index contributed by atoms with van der Waals surface area (Å²) in [6.07, 6.45) is 0. The number of rotatable bonds is 1. The fraction of sp³-hybridized carbons (Fsp3) is 0.750. The van der Waals surface area contributed by atoms with E-state index in [0.717, 1.165) is 0 Å². The monoisotopic (exact) mass is 194 g/mol. The summed E-state index contributed by atoms with van der Waals surface area (Å²) in [6, 6.07) is 0. The first-order valence-corrected chi connectivity index (χ1v) is 3.46. The second-order valence-electron chi connectivity index (χ2n) is 2.87. The summed E-state index contributed by atoms with van der Waals surface area (Å²) in [4.78, 5) is 0. The van der Waals surface area contributed by atoms with Crippen LogP contribution < -0.4 is 0 Å². The van der Waals surface area contributed by atoms with Gasteiger partial charge in [-0.25, -0.2) is 21.0 Å². The summed E-state index contributed by atoms with van der Waals surface area (Å²) in [5.74, 6) is 1.57. The van der Waals surface area contributed by atoms with E-state index in [-0.39, 0.29) is 4.39 Å².